The van der Waals surface area contributed by atoms with E-state index in [1.165, 1.54) is 37.4 Å². The lowest BCUT2D eigenvalue weighted by Gasteiger charge is -2.12. The van der Waals surface area contributed by atoms with Crippen LogP contribution in [0, 0.1) is 19.7 Å². The van der Waals surface area contributed by atoms with Crippen molar-refractivity contribution in [2.75, 3.05) is 13.7 Å². The molecule has 140 valence electrons. The van der Waals surface area contributed by atoms with Crippen LogP contribution in [-0.2, 0) is 9.53 Å². The van der Waals surface area contributed by atoms with Crippen molar-refractivity contribution in [2.24, 2.45) is 0 Å². The van der Waals surface area contributed by atoms with Crippen LogP contribution in [0.2, 0.25) is 0 Å². The quantitative estimate of drug-likeness (QED) is 0.633. The average molecular weight is 372 g/mol. The zero-order valence-electron chi connectivity index (χ0n) is 15.0. The Morgan fingerprint density at radius 3 is 2.48 bits per heavy atom. The Morgan fingerprint density at radius 2 is 1.81 bits per heavy atom. The van der Waals surface area contributed by atoms with Gasteiger partial charge in [-0.2, -0.15) is 0 Å². The van der Waals surface area contributed by atoms with Gasteiger partial charge in [-0.1, -0.05) is 0 Å². The highest BCUT2D eigenvalue weighted by atomic mass is 19.1. The number of halogens is 1. The van der Waals surface area contributed by atoms with Crippen LogP contribution in [0.5, 0.6) is 17.2 Å². The highest BCUT2D eigenvalue weighted by Crippen LogP contribution is 2.30. The van der Waals surface area contributed by atoms with E-state index in [4.69, 9.17) is 13.9 Å². The van der Waals surface area contributed by atoms with Crippen molar-refractivity contribution >= 4 is 16.9 Å². The number of carbonyl (C=O) groups excluding carboxylic acids is 1. The molecule has 0 N–H and O–H groups in total. The highest BCUT2D eigenvalue weighted by molar-refractivity contribution is 5.83. The zero-order chi connectivity index (χ0) is 19.6. The molecule has 0 bridgehead atoms. The van der Waals surface area contributed by atoms with E-state index < -0.39 is 11.8 Å². The van der Waals surface area contributed by atoms with E-state index in [1.54, 1.807) is 19.9 Å². The van der Waals surface area contributed by atoms with Crippen LogP contribution in [0.25, 0.3) is 11.0 Å². The predicted molar refractivity (Wildman–Crippen MR) is 95.9 cm³/mol. The molecule has 0 aliphatic heterocycles. The third-order valence-electron chi connectivity index (χ3n) is 3.99. The number of hydrogen-bond donors (Lipinski definition) is 0. The second-order valence-electron chi connectivity index (χ2n) is 5.80. The second kappa shape index (κ2) is 7.49. The summed E-state index contributed by atoms with van der Waals surface area (Å²) in [6.45, 7) is 3.07. The minimum absolute atomic E-state index is 0.0248. The van der Waals surface area contributed by atoms with Crippen LogP contribution in [-0.4, -0.2) is 19.7 Å². The van der Waals surface area contributed by atoms with E-state index >= 15 is 0 Å². The summed E-state index contributed by atoms with van der Waals surface area (Å²) in [5, 5.41) is 0.306. The van der Waals surface area contributed by atoms with Gasteiger partial charge in [0.2, 0.25) is 11.2 Å². The van der Waals surface area contributed by atoms with Crippen molar-refractivity contribution in [1.82, 2.24) is 0 Å². The summed E-state index contributed by atoms with van der Waals surface area (Å²) < 4.78 is 34.4. The third-order valence-corrected chi connectivity index (χ3v) is 3.99. The lowest BCUT2D eigenvalue weighted by Crippen LogP contribution is -2.13. The summed E-state index contributed by atoms with van der Waals surface area (Å²) in [5.74, 6) is 0.0974. The number of ether oxygens (including phenoxy) is 3. The fourth-order valence-corrected chi connectivity index (χ4v) is 2.56. The molecule has 3 aromatic rings. The van der Waals surface area contributed by atoms with Gasteiger partial charge in [-0.05, 0) is 50.2 Å². The van der Waals surface area contributed by atoms with Crippen LogP contribution in [0.4, 0.5) is 4.39 Å². The van der Waals surface area contributed by atoms with Crippen molar-refractivity contribution < 1.29 is 27.8 Å². The standard InChI is InChI=1S/C20H17FO6/c1-11-16(25-10-17(22)24-3)9-8-15-18(23)20(12(2)26-19(11)15)27-14-6-4-13(21)5-7-14/h4-9H,10H2,1-3H3. The van der Waals surface area contributed by atoms with Gasteiger partial charge in [-0.3, -0.25) is 4.79 Å². The Balaban J connectivity index is 2.00. The van der Waals surface area contributed by atoms with E-state index in [9.17, 15) is 14.0 Å². The normalized spacial score (nSPS) is 10.7. The first-order valence-electron chi connectivity index (χ1n) is 8.10. The molecule has 3 rings (SSSR count). The van der Waals surface area contributed by atoms with Crippen LogP contribution in [0.15, 0.2) is 45.6 Å². The minimum Gasteiger partial charge on any atom is -0.481 e. The Bertz CT molecular complexity index is 1050. The van der Waals surface area contributed by atoms with Gasteiger partial charge < -0.3 is 18.6 Å². The smallest absolute Gasteiger partial charge is 0.343 e. The van der Waals surface area contributed by atoms with Crippen LogP contribution in [0.1, 0.15) is 11.3 Å². The molecule has 7 heteroatoms. The number of benzene rings is 2. The molecule has 0 saturated carbocycles. The van der Waals surface area contributed by atoms with Crippen LogP contribution >= 0.6 is 0 Å². The molecule has 0 saturated heterocycles. The van der Waals surface area contributed by atoms with Gasteiger partial charge in [0.15, 0.2) is 6.61 Å². The summed E-state index contributed by atoms with van der Waals surface area (Å²) in [6.07, 6.45) is 0. The predicted octanol–water partition coefficient (Wildman–Crippen LogP) is 3.89. The number of carbonyl (C=O) groups is 1. The molecule has 0 fully saturated rings. The highest BCUT2D eigenvalue weighted by Gasteiger charge is 2.17. The molecule has 0 spiro atoms. The van der Waals surface area contributed by atoms with E-state index in [0.29, 0.717) is 28.0 Å². The number of methoxy groups -OCH3 is 1. The van der Waals surface area contributed by atoms with Gasteiger partial charge in [0.05, 0.1) is 12.5 Å². The maximum absolute atomic E-state index is 13.0. The van der Waals surface area contributed by atoms with Gasteiger partial charge in [-0.15, -0.1) is 0 Å². The fourth-order valence-electron chi connectivity index (χ4n) is 2.56. The maximum Gasteiger partial charge on any atom is 0.343 e. The van der Waals surface area contributed by atoms with Gasteiger partial charge >= 0.3 is 5.97 Å². The largest absolute Gasteiger partial charge is 0.481 e. The average Bonchev–Trinajstić information content (AvgIpc) is 2.66. The van der Waals surface area contributed by atoms with Crippen molar-refractivity contribution in [2.45, 2.75) is 13.8 Å². The molecular formula is C20H17FO6. The lowest BCUT2D eigenvalue weighted by atomic mass is 10.1. The maximum atomic E-state index is 13.0. The van der Waals surface area contributed by atoms with E-state index in [1.807, 2.05) is 0 Å². The second-order valence-corrected chi connectivity index (χ2v) is 5.80. The third kappa shape index (κ3) is 3.76. The number of hydrogen-bond acceptors (Lipinski definition) is 6. The van der Waals surface area contributed by atoms with E-state index in [0.717, 1.165) is 0 Å². The summed E-state index contributed by atoms with van der Waals surface area (Å²) >= 11 is 0. The molecular weight excluding hydrogens is 355 g/mol. The van der Waals surface area contributed by atoms with Crippen molar-refractivity contribution in [3.05, 3.63) is 63.8 Å². The van der Waals surface area contributed by atoms with Gasteiger partial charge in [0, 0.05) is 5.56 Å². The number of fused-ring (bicyclic) bond motifs is 1. The Labute approximate surface area is 154 Å². The molecule has 1 heterocycles. The summed E-state index contributed by atoms with van der Waals surface area (Å²) in [4.78, 5) is 24.1. The van der Waals surface area contributed by atoms with E-state index in [-0.39, 0.29) is 23.5 Å². The van der Waals surface area contributed by atoms with Crippen molar-refractivity contribution in [3.63, 3.8) is 0 Å². The minimum atomic E-state index is -0.518. The first-order chi connectivity index (χ1) is 12.9. The zero-order valence-corrected chi connectivity index (χ0v) is 15.0. The van der Waals surface area contributed by atoms with Gasteiger partial charge in [0.25, 0.3) is 0 Å². The molecule has 0 amide bonds. The molecule has 27 heavy (non-hydrogen) atoms. The summed E-state index contributed by atoms with van der Waals surface area (Å²) in [5.41, 5.74) is 0.553. The Kier molecular flexibility index (Phi) is 5.12. The first-order valence-corrected chi connectivity index (χ1v) is 8.10. The van der Waals surface area contributed by atoms with Crippen LogP contribution < -0.4 is 14.9 Å². The monoisotopic (exact) mass is 372 g/mol. The number of esters is 1. The van der Waals surface area contributed by atoms with E-state index in [2.05, 4.69) is 4.74 Å². The molecule has 1 aromatic heterocycles. The number of aryl methyl sites for hydroxylation is 2. The number of rotatable bonds is 5. The van der Waals surface area contributed by atoms with Crippen molar-refractivity contribution in [1.29, 1.82) is 0 Å². The summed E-state index contributed by atoms with van der Waals surface area (Å²) in [6, 6.07) is 8.44. The molecule has 0 radical (unpaired) electrons. The first kappa shape index (κ1) is 18.4. The Hall–Kier alpha value is -3.35. The topological polar surface area (TPSA) is 75.0 Å². The van der Waals surface area contributed by atoms with Crippen LogP contribution in [0.3, 0.4) is 0 Å². The molecule has 0 aliphatic carbocycles. The molecule has 0 atom stereocenters. The van der Waals surface area contributed by atoms with Crippen molar-refractivity contribution in [3.8, 4) is 17.2 Å². The SMILES string of the molecule is COC(=O)COc1ccc2c(=O)c(Oc3ccc(F)cc3)c(C)oc2c1C. The molecule has 6 nitrogen and oxygen atoms in total. The van der Waals surface area contributed by atoms with Gasteiger partial charge in [-0.25, -0.2) is 9.18 Å². The summed E-state index contributed by atoms with van der Waals surface area (Å²) in [7, 11) is 1.27. The lowest BCUT2D eigenvalue weighted by molar-refractivity contribution is -0.142. The Morgan fingerprint density at radius 1 is 1.11 bits per heavy atom. The molecule has 2 aromatic carbocycles. The van der Waals surface area contributed by atoms with Gasteiger partial charge in [0.1, 0.15) is 28.7 Å². The molecule has 0 unspecified atom stereocenters. The molecule has 0 aliphatic rings. The fraction of sp³-hybridized carbons (Fsp3) is 0.200.